The molecule has 0 spiro atoms. The molecule has 3 aliphatic carbocycles. The lowest BCUT2D eigenvalue weighted by Crippen LogP contribution is -2.54. The van der Waals surface area contributed by atoms with Crippen LogP contribution in [0.2, 0.25) is 0 Å². The number of carbonyl (C=O) groups is 13. The number of amides is 13. The van der Waals surface area contributed by atoms with Gasteiger partial charge in [0.2, 0.25) is 35.4 Å². The van der Waals surface area contributed by atoms with Crippen LogP contribution >= 0.6 is 0 Å². The third-order valence-electron chi connectivity index (χ3n) is 19.7. The summed E-state index contributed by atoms with van der Waals surface area (Å²) in [5, 5.41) is 13.3. The van der Waals surface area contributed by atoms with Gasteiger partial charge in [0.1, 0.15) is 23.7 Å². The highest BCUT2D eigenvalue weighted by Gasteiger charge is 2.49. The summed E-state index contributed by atoms with van der Waals surface area (Å²) >= 11 is 0. The summed E-state index contributed by atoms with van der Waals surface area (Å²) in [6, 6.07) is 14.5. The van der Waals surface area contributed by atoms with E-state index in [1.54, 1.807) is 36.2 Å². The van der Waals surface area contributed by atoms with Crippen molar-refractivity contribution in [3.63, 3.8) is 0 Å². The first-order valence-corrected chi connectivity index (χ1v) is 32.3. The minimum atomic E-state index is -0.966. The van der Waals surface area contributed by atoms with Crippen molar-refractivity contribution in [2.24, 2.45) is 17.8 Å². The number of rotatable bonds is 12. The molecule has 3 unspecified atom stereocenters. The van der Waals surface area contributed by atoms with Crippen molar-refractivity contribution in [1.29, 1.82) is 0 Å². The zero-order valence-electron chi connectivity index (χ0n) is 52.7. The molecule has 6 fully saturated rings. The maximum atomic E-state index is 13.3. The molecule has 0 radical (unpaired) electrons. The first kappa shape index (κ1) is 65.6. The van der Waals surface area contributed by atoms with Crippen molar-refractivity contribution < 1.29 is 67.1 Å². The lowest BCUT2D eigenvalue weighted by molar-refractivity contribution is -0.137. The Morgan fingerprint density at radius 1 is 0.451 bits per heavy atom. The highest BCUT2D eigenvalue weighted by atomic mass is 16.6. The van der Waals surface area contributed by atoms with Gasteiger partial charge in [-0.05, 0) is 203 Å². The Morgan fingerprint density at radius 2 is 0.747 bits per heavy atom. The molecule has 9 aliphatic rings. The Bertz CT molecular complexity index is 3320. The molecule has 23 heteroatoms. The van der Waals surface area contributed by atoms with Gasteiger partial charge in [-0.15, -0.1) is 0 Å². The quantitative estimate of drug-likeness (QED) is 0.132. The van der Waals surface area contributed by atoms with Gasteiger partial charge in [-0.2, -0.15) is 0 Å². The van der Waals surface area contributed by atoms with Gasteiger partial charge in [0.05, 0.1) is 33.4 Å². The van der Waals surface area contributed by atoms with Gasteiger partial charge in [-0.1, -0.05) is 36.4 Å². The van der Waals surface area contributed by atoms with E-state index in [1.807, 2.05) is 65.2 Å². The van der Waals surface area contributed by atoms with Crippen LogP contribution < -0.4 is 26.6 Å². The van der Waals surface area contributed by atoms with Gasteiger partial charge in [0.25, 0.3) is 35.4 Å². The van der Waals surface area contributed by atoms with E-state index in [4.69, 9.17) is 4.74 Å². The fourth-order valence-electron chi connectivity index (χ4n) is 14.7. The number of hydrogen-bond acceptors (Lipinski definition) is 16. The lowest BCUT2D eigenvalue weighted by atomic mass is 9.81. The van der Waals surface area contributed by atoms with Crippen LogP contribution in [0.5, 0.6) is 0 Å². The molecule has 91 heavy (non-hydrogen) atoms. The van der Waals surface area contributed by atoms with Crippen LogP contribution in [0.1, 0.15) is 215 Å². The Balaban J connectivity index is 0.000000151. The minimum Gasteiger partial charge on any atom is -0.444 e. The van der Waals surface area contributed by atoms with E-state index >= 15 is 0 Å². The van der Waals surface area contributed by atoms with Crippen molar-refractivity contribution in [2.45, 2.75) is 197 Å². The SMILES string of the molecule is CN(C(=O)OC(C)(C)C)C1CCC(Cc2cccc3c2C(=O)N(C2CCC(=O)NC2=O)C3=O)CC1.CNC1CCC(Cc2cccc3c2C(=O)N(C2CCC(=O)NC2=O)C3=O)CC1.CNC1CCC(Cc2cccc3c2C(=O)N(C2CCC(=O)NC2=O)C3=O)CC1. The standard InChI is InChI=1S/C26H33N3O6.2C21H25N3O4/c1-26(2,3)35-25(34)28(4)17-10-8-15(9-11-17)14-16-6-5-7-18-21(16)24(33)29(23(18)32)19-12-13-20(30)27-22(19)31;2*1-22-14-7-5-12(6-8-14)11-13-3-2-4-15-18(13)21(28)24(20(15)27)16-9-10-17(25)23-19(16)26/h5-7,15,17,19H,8-14H2,1-4H3,(H,27,30,31);2*2-4,12,14,16,22H,5-11H2,1H3,(H,23,25,26). The van der Waals surface area contributed by atoms with Crippen LogP contribution in [-0.2, 0) is 52.8 Å². The highest BCUT2D eigenvalue weighted by molar-refractivity contribution is 6.26. The van der Waals surface area contributed by atoms with E-state index < -0.39 is 82.8 Å². The molecule has 484 valence electrons. The Labute approximate surface area is 529 Å². The van der Waals surface area contributed by atoms with Crippen molar-refractivity contribution in [3.05, 3.63) is 105 Å². The topological polar surface area (TPSA) is 304 Å². The maximum absolute atomic E-state index is 13.3. The van der Waals surface area contributed by atoms with Crippen LogP contribution in [-0.4, -0.2) is 160 Å². The molecule has 13 amide bonds. The number of piperidine rings is 3. The smallest absolute Gasteiger partial charge is 0.410 e. The van der Waals surface area contributed by atoms with Crippen molar-refractivity contribution in [3.8, 4) is 0 Å². The van der Waals surface area contributed by atoms with Crippen molar-refractivity contribution in [2.75, 3.05) is 21.1 Å². The first-order valence-electron chi connectivity index (χ1n) is 32.3. The van der Waals surface area contributed by atoms with Gasteiger partial charge in [-0.3, -0.25) is 88.2 Å². The van der Waals surface area contributed by atoms with Crippen LogP contribution in [0.3, 0.4) is 0 Å². The molecule has 0 bridgehead atoms. The summed E-state index contributed by atoms with van der Waals surface area (Å²) < 4.78 is 5.49. The van der Waals surface area contributed by atoms with Crippen LogP contribution in [0.25, 0.3) is 0 Å². The lowest BCUT2D eigenvalue weighted by Gasteiger charge is -2.35. The van der Waals surface area contributed by atoms with Crippen LogP contribution in [0.4, 0.5) is 4.79 Å². The molecule has 3 saturated heterocycles. The molecular weight excluding hydrogens is 1170 g/mol. The number of imide groups is 6. The second kappa shape index (κ2) is 27.7. The van der Waals surface area contributed by atoms with Crippen molar-refractivity contribution in [1.82, 2.24) is 46.2 Å². The van der Waals surface area contributed by atoms with Crippen LogP contribution in [0, 0.1) is 17.8 Å². The summed E-state index contributed by atoms with van der Waals surface area (Å²) in [7, 11) is 5.75. The van der Waals surface area contributed by atoms with Gasteiger partial charge in [0.15, 0.2) is 0 Å². The fraction of sp³-hybridized carbons (Fsp3) is 0.544. The summed E-state index contributed by atoms with van der Waals surface area (Å²) in [4.78, 5) is 167. The predicted molar refractivity (Wildman–Crippen MR) is 330 cm³/mol. The maximum Gasteiger partial charge on any atom is 0.410 e. The van der Waals surface area contributed by atoms with E-state index in [2.05, 4.69) is 26.6 Å². The Kier molecular flexibility index (Phi) is 19.9. The molecule has 3 aromatic carbocycles. The zero-order valence-corrected chi connectivity index (χ0v) is 52.7. The molecule has 5 N–H and O–H groups in total. The number of nitrogens with one attached hydrogen (secondary N) is 5. The summed E-state index contributed by atoms with van der Waals surface area (Å²) in [6.07, 6.45) is 15.0. The number of hydrogen-bond donors (Lipinski definition) is 5. The molecular formula is C68H83N9O14. The fourth-order valence-corrected chi connectivity index (χ4v) is 14.7. The Hall–Kier alpha value is -8.31. The third-order valence-corrected chi connectivity index (χ3v) is 19.7. The van der Waals surface area contributed by atoms with E-state index in [0.717, 1.165) is 121 Å². The number of nitrogens with zero attached hydrogens (tertiary/aromatic N) is 4. The van der Waals surface area contributed by atoms with E-state index in [9.17, 15) is 62.3 Å². The molecule has 6 aliphatic heterocycles. The monoisotopic (exact) mass is 1250 g/mol. The minimum absolute atomic E-state index is 0.0949. The zero-order chi connectivity index (χ0) is 65.2. The molecule has 3 saturated carbocycles. The van der Waals surface area contributed by atoms with E-state index in [-0.39, 0.29) is 62.5 Å². The average Bonchev–Trinajstić information content (AvgIpc) is 1.66. The van der Waals surface area contributed by atoms with Gasteiger partial charge < -0.3 is 20.3 Å². The number of benzene rings is 3. The molecule has 0 aromatic heterocycles. The predicted octanol–water partition coefficient (Wildman–Crippen LogP) is 5.87. The summed E-state index contributed by atoms with van der Waals surface area (Å²) in [6.45, 7) is 5.55. The number of fused-ring (bicyclic) bond motifs is 3. The molecule has 12 rings (SSSR count). The normalized spacial score (nSPS) is 26.6. The van der Waals surface area contributed by atoms with E-state index in [1.165, 1.54) is 0 Å². The average molecular weight is 1250 g/mol. The molecule has 3 atom stereocenters. The molecule has 6 heterocycles. The van der Waals surface area contributed by atoms with Crippen molar-refractivity contribution >= 4 is 77.0 Å². The highest BCUT2D eigenvalue weighted by Crippen LogP contribution is 2.38. The largest absolute Gasteiger partial charge is 0.444 e. The number of ether oxygens (including phenoxy) is 1. The molecule has 3 aromatic rings. The van der Waals surface area contributed by atoms with Crippen LogP contribution in [0.15, 0.2) is 54.6 Å². The van der Waals surface area contributed by atoms with Gasteiger partial charge >= 0.3 is 6.09 Å². The summed E-state index contributed by atoms with van der Waals surface area (Å²) in [5.41, 5.74) is 4.34. The third kappa shape index (κ3) is 14.1. The molecule has 23 nitrogen and oxygen atoms in total. The Morgan fingerprint density at radius 3 is 1.02 bits per heavy atom. The number of carbonyl (C=O) groups excluding carboxylic acids is 13. The second-order valence-corrected chi connectivity index (χ2v) is 26.8. The van der Waals surface area contributed by atoms with Gasteiger partial charge in [0, 0.05) is 44.4 Å². The van der Waals surface area contributed by atoms with E-state index in [0.29, 0.717) is 69.6 Å². The summed E-state index contributed by atoms with van der Waals surface area (Å²) in [5.74, 6) is -4.21. The van der Waals surface area contributed by atoms with Gasteiger partial charge in [-0.25, -0.2) is 4.79 Å². The second-order valence-electron chi connectivity index (χ2n) is 26.8. The first-order chi connectivity index (χ1) is 43.4.